The molecule has 0 aromatic carbocycles. The van der Waals surface area contributed by atoms with Crippen LogP contribution < -0.4 is 0 Å². The third-order valence-electron chi connectivity index (χ3n) is 1.52. The van der Waals surface area contributed by atoms with Crippen molar-refractivity contribution in [1.82, 2.24) is 4.98 Å². The molecule has 0 fully saturated rings. The highest BCUT2D eigenvalue weighted by atomic mass is 35.5. The van der Waals surface area contributed by atoms with Crippen LogP contribution in [0, 0.1) is 5.82 Å². The molecule has 1 rings (SSSR count). The molecule has 15 heavy (non-hydrogen) atoms. The van der Waals surface area contributed by atoms with E-state index in [-0.39, 0.29) is 6.20 Å². The van der Waals surface area contributed by atoms with Crippen molar-refractivity contribution in [3.63, 3.8) is 0 Å². The topological polar surface area (TPSA) is 12.9 Å². The predicted octanol–water partition coefficient (Wildman–Crippen LogP) is 3.83. The van der Waals surface area contributed by atoms with Gasteiger partial charge in [0.05, 0.1) is 11.8 Å². The Hall–Kier alpha value is -0.980. The minimum Gasteiger partial charge on any atom is -0.241 e. The Morgan fingerprint density at radius 1 is 1.27 bits per heavy atom. The molecule has 0 aliphatic carbocycles. The molecule has 0 amide bonds. The van der Waals surface area contributed by atoms with Gasteiger partial charge in [-0.15, -0.1) is 0 Å². The fourth-order valence-electron chi connectivity index (χ4n) is 0.966. The number of halogens is 7. The van der Waals surface area contributed by atoms with Gasteiger partial charge in [0.2, 0.25) is 0 Å². The Labute approximate surface area is 84.7 Å². The lowest BCUT2D eigenvalue weighted by molar-refractivity contribution is -0.142. The van der Waals surface area contributed by atoms with Gasteiger partial charge in [0, 0.05) is 0 Å². The Balaban J connectivity index is 3.53. The standard InChI is InChI=1S/C7H2ClF6N/c8-5-3(6(10)11)4(7(12,13)14)2(9)1-15-5/h1,6H. The van der Waals surface area contributed by atoms with E-state index >= 15 is 0 Å². The molecule has 0 saturated carbocycles. The summed E-state index contributed by atoms with van der Waals surface area (Å²) < 4.78 is 73.7. The molecule has 8 heteroatoms. The van der Waals surface area contributed by atoms with Crippen LogP contribution in [0.15, 0.2) is 6.20 Å². The lowest BCUT2D eigenvalue weighted by atomic mass is 10.1. The van der Waals surface area contributed by atoms with Gasteiger partial charge in [-0.2, -0.15) is 13.2 Å². The second-order valence-electron chi connectivity index (χ2n) is 2.48. The first-order valence-electron chi connectivity index (χ1n) is 3.44. The molecule has 1 heterocycles. The van der Waals surface area contributed by atoms with E-state index in [0.717, 1.165) is 0 Å². The van der Waals surface area contributed by atoms with E-state index in [1.54, 1.807) is 0 Å². The normalized spacial score (nSPS) is 12.3. The summed E-state index contributed by atoms with van der Waals surface area (Å²) in [5.74, 6) is -1.87. The molecule has 84 valence electrons. The molecule has 0 atom stereocenters. The summed E-state index contributed by atoms with van der Waals surface area (Å²) in [4.78, 5) is 2.88. The quantitative estimate of drug-likeness (QED) is 0.544. The van der Waals surface area contributed by atoms with Gasteiger partial charge in [0.1, 0.15) is 10.7 Å². The molecule has 0 aliphatic rings. The number of hydrogen-bond acceptors (Lipinski definition) is 1. The summed E-state index contributed by atoms with van der Waals surface area (Å²) in [6.07, 6.45) is -8.63. The number of nitrogens with zero attached hydrogens (tertiary/aromatic N) is 1. The van der Waals surface area contributed by atoms with Crippen LogP contribution in [-0.4, -0.2) is 4.98 Å². The first-order chi connectivity index (χ1) is 6.75. The summed E-state index contributed by atoms with van der Waals surface area (Å²) in [7, 11) is 0. The second kappa shape index (κ2) is 3.88. The van der Waals surface area contributed by atoms with Crippen molar-refractivity contribution >= 4 is 11.6 Å². The largest absolute Gasteiger partial charge is 0.419 e. The average molecular weight is 250 g/mol. The molecule has 1 aromatic rings. The van der Waals surface area contributed by atoms with Gasteiger partial charge in [0.25, 0.3) is 6.43 Å². The number of rotatable bonds is 1. The summed E-state index contributed by atoms with van der Waals surface area (Å²) in [5, 5.41) is -1.06. The van der Waals surface area contributed by atoms with E-state index in [9.17, 15) is 26.3 Å². The number of hydrogen-bond donors (Lipinski definition) is 0. The van der Waals surface area contributed by atoms with Crippen molar-refractivity contribution in [3.05, 3.63) is 28.3 Å². The van der Waals surface area contributed by atoms with Crippen molar-refractivity contribution in [3.8, 4) is 0 Å². The molecule has 1 nitrogen and oxygen atoms in total. The third-order valence-corrected chi connectivity index (χ3v) is 1.82. The average Bonchev–Trinajstić information content (AvgIpc) is 2.05. The Morgan fingerprint density at radius 3 is 2.13 bits per heavy atom. The Morgan fingerprint density at radius 2 is 1.80 bits per heavy atom. The maximum Gasteiger partial charge on any atom is 0.419 e. The first-order valence-corrected chi connectivity index (χ1v) is 3.82. The summed E-state index contributed by atoms with van der Waals surface area (Å²) in [5.41, 5.74) is -3.71. The van der Waals surface area contributed by atoms with Crippen LogP contribution in [0.3, 0.4) is 0 Å². The van der Waals surface area contributed by atoms with Crippen molar-refractivity contribution < 1.29 is 26.3 Å². The van der Waals surface area contributed by atoms with Crippen LogP contribution in [0.4, 0.5) is 26.3 Å². The van der Waals surface area contributed by atoms with E-state index in [4.69, 9.17) is 11.6 Å². The van der Waals surface area contributed by atoms with E-state index in [1.165, 1.54) is 0 Å². The van der Waals surface area contributed by atoms with Gasteiger partial charge in [0.15, 0.2) is 5.82 Å². The summed E-state index contributed by atoms with van der Waals surface area (Å²) in [6.45, 7) is 0. The maximum absolute atomic E-state index is 12.7. The zero-order chi connectivity index (χ0) is 11.8. The first kappa shape index (κ1) is 12.1. The van der Waals surface area contributed by atoms with Crippen molar-refractivity contribution in [2.45, 2.75) is 12.6 Å². The SMILES string of the molecule is Fc1cnc(Cl)c(C(F)F)c1C(F)(F)F. The predicted molar refractivity (Wildman–Crippen MR) is 39.2 cm³/mol. The zero-order valence-electron chi connectivity index (χ0n) is 6.75. The van der Waals surface area contributed by atoms with Crippen LogP contribution in [0.5, 0.6) is 0 Å². The Kier molecular flexibility index (Phi) is 3.13. The molecule has 0 unspecified atom stereocenters. The van der Waals surface area contributed by atoms with E-state index in [1.807, 2.05) is 0 Å². The van der Waals surface area contributed by atoms with Gasteiger partial charge in [-0.3, -0.25) is 0 Å². The number of alkyl halides is 5. The molecule has 0 saturated heterocycles. The molecule has 0 radical (unpaired) electrons. The lowest BCUT2D eigenvalue weighted by Gasteiger charge is -2.13. The smallest absolute Gasteiger partial charge is 0.241 e. The molecule has 0 spiro atoms. The lowest BCUT2D eigenvalue weighted by Crippen LogP contribution is -2.14. The highest BCUT2D eigenvalue weighted by molar-refractivity contribution is 6.30. The van der Waals surface area contributed by atoms with Gasteiger partial charge in [-0.1, -0.05) is 11.6 Å². The molecular weight excluding hydrogens is 248 g/mol. The van der Waals surface area contributed by atoms with Crippen molar-refractivity contribution in [2.24, 2.45) is 0 Å². The number of aromatic nitrogens is 1. The zero-order valence-corrected chi connectivity index (χ0v) is 7.50. The Bertz CT molecular complexity index is 374. The molecule has 0 bridgehead atoms. The fraction of sp³-hybridized carbons (Fsp3) is 0.286. The number of pyridine rings is 1. The molecule has 0 N–H and O–H groups in total. The van der Waals surface area contributed by atoms with Crippen LogP contribution in [0.2, 0.25) is 5.15 Å². The van der Waals surface area contributed by atoms with Gasteiger partial charge < -0.3 is 0 Å². The monoisotopic (exact) mass is 249 g/mol. The minimum atomic E-state index is -5.23. The third kappa shape index (κ3) is 2.34. The highest BCUT2D eigenvalue weighted by Gasteiger charge is 2.40. The molecule has 1 aromatic heterocycles. The second-order valence-corrected chi connectivity index (χ2v) is 2.84. The van der Waals surface area contributed by atoms with Gasteiger partial charge in [-0.25, -0.2) is 18.2 Å². The fourth-order valence-corrected chi connectivity index (χ4v) is 1.19. The van der Waals surface area contributed by atoms with Crippen molar-refractivity contribution in [2.75, 3.05) is 0 Å². The van der Waals surface area contributed by atoms with Crippen LogP contribution >= 0.6 is 11.6 Å². The maximum atomic E-state index is 12.7. The van der Waals surface area contributed by atoms with E-state index in [2.05, 4.69) is 4.98 Å². The van der Waals surface area contributed by atoms with E-state index < -0.39 is 34.7 Å². The van der Waals surface area contributed by atoms with Crippen LogP contribution in [0.25, 0.3) is 0 Å². The van der Waals surface area contributed by atoms with Crippen molar-refractivity contribution in [1.29, 1.82) is 0 Å². The molecular formula is C7H2ClF6N. The molecule has 0 aliphatic heterocycles. The highest BCUT2D eigenvalue weighted by Crippen LogP contribution is 2.40. The van der Waals surface area contributed by atoms with Crippen LogP contribution in [-0.2, 0) is 6.18 Å². The van der Waals surface area contributed by atoms with Gasteiger partial charge in [-0.05, 0) is 0 Å². The summed E-state index contributed by atoms with van der Waals surface area (Å²) in [6, 6.07) is 0. The minimum absolute atomic E-state index is 0.150. The van der Waals surface area contributed by atoms with E-state index in [0.29, 0.717) is 0 Å². The van der Waals surface area contributed by atoms with Gasteiger partial charge >= 0.3 is 6.18 Å². The van der Waals surface area contributed by atoms with Crippen LogP contribution in [0.1, 0.15) is 17.6 Å². The summed E-state index contributed by atoms with van der Waals surface area (Å²) >= 11 is 5.04.